The average Bonchev–Trinajstić information content (AvgIpc) is 3.23. The molecule has 4 rings (SSSR count). The molecule has 182 valence electrons. The molecule has 1 heterocycles. The molecule has 5 nitrogen and oxygen atoms in total. The van der Waals surface area contributed by atoms with Crippen molar-refractivity contribution in [3.63, 3.8) is 0 Å². The standard InChI is InChI=1S/C27H39FN2O3/c28-23-6-4-21(5-7-23)27(33)22-12-15-30(16-13-22)14-11-19-1-8-24(9-2-19)29-26(32)18-20-3-10-25(31)17-20/h4-7,19-20,22,24-25,31H,1-3,8-18H2,(H,29,32). The third-order valence-corrected chi connectivity index (χ3v) is 8.14. The van der Waals surface area contributed by atoms with Gasteiger partial charge in [-0.2, -0.15) is 0 Å². The molecule has 1 aromatic carbocycles. The van der Waals surface area contributed by atoms with Crippen LogP contribution in [-0.4, -0.2) is 53.5 Å². The summed E-state index contributed by atoms with van der Waals surface area (Å²) in [7, 11) is 0. The smallest absolute Gasteiger partial charge is 0.220 e. The van der Waals surface area contributed by atoms with E-state index in [0.29, 0.717) is 23.9 Å². The number of nitrogens with zero attached hydrogens (tertiary/aromatic N) is 1. The van der Waals surface area contributed by atoms with Gasteiger partial charge in [-0.3, -0.25) is 9.59 Å². The van der Waals surface area contributed by atoms with Crippen LogP contribution >= 0.6 is 0 Å². The number of likely N-dealkylation sites (tertiary alicyclic amines) is 1. The maximum absolute atomic E-state index is 13.1. The topological polar surface area (TPSA) is 69.6 Å². The van der Waals surface area contributed by atoms with Gasteiger partial charge in [0.05, 0.1) is 6.10 Å². The van der Waals surface area contributed by atoms with E-state index in [9.17, 15) is 19.1 Å². The number of hydrogen-bond acceptors (Lipinski definition) is 4. The average molecular weight is 459 g/mol. The number of nitrogens with one attached hydrogen (secondary N) is 1. The van der Waals surface area contributed by atoms with Crippen molar-refractivity contribution in [1.82, 2.24) is 10.2 Å². The first kappa shape index (κ1) is 24.3. The summed E-state index contributed by atoms with van der Waals surface area (Å²) in [5.74, 6) is 1.14. The molecule has 6 heteroatoms. The monoisotopic (exact) mass is 458 g/mol. The summed E-state index contributed by atoms with van der Waals surface area (Å²) in [6.07, 6.45) is 10.4. The van der Waals surface area contributed by atoms with Crippen LogP contribution in [0.2, 0.25) is 0 Å². The lowest BCUT2D eigenvalue weighted by atomic mass is 9.83. The van der Waals surface area contributed by atoms with Crippen molar-refractivity contribution in [2.24, 2.45) is 17.8 Å². The second-order valence-corrected chi connectivity index (χ2v) is 10.6. The Morgan fingerprint density at radius 2 is 1.61 bits per heavy atom. The highest BCUT2D eigenvalue weighted by Crippen LogP contribution is 2.30. The van der Waals surface area contributed by atoms with Crippen LogP contribution in [0, 0.1) is 23.6 Å². The maximum atomic E-state index is 13.1. The lowest BCUT2D eigenvalue weighted by molar-refractivity contribution is -0.123. The van der Waals surface area contributed by atoms with Gasteiger partial charge in [0, 0.05) is 23.9 Å². The number of Topliss-reactive ketones (excluding diaryl/α,β-unsaturated/α-hetero) is 1. The van der Waals surface area contributed by atoms with E-state index >= 15 is 0 Å². The number of halogens is 1. The largest absolute Gasteiger partial charge is 0.393 e. The molecule has 2 N–H and O–H groups in total. The summed E-state index contributed by atoms with van der Waals surface area (Å²) in [4.78, 5) is 27.5. The van der Waals surface area contributed by atoms with Crippen LogP contribution in [0.5, 0.6) is 0 Å². The lowest BCUT2D eigenvalue weighted by Crippen LogP contribution is -2.39. The van der Waals surface area contributed by atoms with Crippen molar-refractivity contribution >= 4 is 11.7 Å². The highest BCUT2D eigenvalue weighted by molar-refractivity contribution is 5.97. The summed E-state index contributed by atoms with van der Waals surface area (Å²) < 4.78 is 13.1. The number of hydrogen-bond donors (Lipinski definition) is 2. The Morgan fingerprint density at radius 1 is 0.939 bits per heavy atom. The number of carbonyl (C=O) groups excluding carboxylic acids is 2. The molecule has 0 aromatic heterocycles. The summed E-state index contributed by atoms with van der Waals surface area (Å²) in [5, 5.41) is 12.9. The van der Waals surface area contributed by atoms with Gasteiger partial charge in [0.1, 0.15) is 5.82 Å². The zero-order chi connectivity index (χ0) is 23.2. The predicted molar refractivity (Wildman–Crippen MR) is 126 cm³/mol. The van der Waals surface area contributed by atoms with Crippen molar-refractivity contribution in [3.05, 3.63) is 35.6 Å². The van der Waals surface area contributed by atoms with Gasteiger partial charge in [-0.05, 0) is 120 Å². The molecule has 3 aliphatic rings. The molecule has 0 radical (unpaired) electrons. The lowest BCUT2D eigenvalue weighted by Gasteiger charge is -2.34. The number of carbonyl (C=O) groups is 2. The van der Waals surface area contributed by atoms with Crippen LogP contribution in [0.3, 0.4) is 0 Å². The van der Waals surface area contributed by atoms with Gasteiger partial charge in [0.25, 0.3) is 0 Å². The Bertz CT molecular complexity index is 783. The first-order valence-corrected chi connectivity index (χ1v) is 13.0. The molecule has 33 heavy (non-hydrogen) atoms. The van der Waals surface area contributed by atoms with Crippen molar-refractivity contribution < 1.29 is 19.1 Å². The van der Waals surface area contributed by atoms with Crippen molar-refractivity contribution in [3.8, 4) is 0 Å². The highest BCUT2D eigenvalue weighted by Gasteiger charge is 2.29. The number of rotatable bonds is 8. The first-order valence-electron chi connectivity index (χ1n) is 13.0. The van der Waals surface area contributed by atoms with Crippen LogP contribution in [0.15, 0.2) is 24.3 Å². The number of aliphatic hydroxyl groups excluding tert-OH is 1. The van der Waals surface area contributed by atoms with Crippen molar-refractivity contribution in [2.45, 2.75) is 82.8 Å². The van der Waals surface area contributed by atoms with E-state index < -0.39 is 0 Å². The Morgan fingerprint density at radius 3 is 2.24 bits per heavy atom. The van der Waals surface area contributed by atoms with Crippen molar-refractivity contribution in [1.29, 1.82) is 0 Å². The first-order chi connectivity index (χ1) is 16.0. The zero-order valence-corrected chi connectivity index (χ0v) is 19.7. The van der Waals surface area contributed by atoms with Crippen LogP contribution in [-0.2, 0) is 4.79 Å². The fourth-order valence-electron chi connectivity index (χ4n) is 6.01. The summed E-state index contributed by atoms with van der Waals surface area (Å²) in [6, 6.07) is 6.24. The van der Waals surface area contributed by atoms with E-state index in [-0.39, 0.29) is 29.5 Å². The molecule has 0 bridgehead atoms. The van der Waals surface area contributed by atoms with Gasteiger partial charge in [-0.1, -0.05) is 0 Å². The molecule has 3 fully saturated rings. The van der Waals surface area contributed by atoms with Crippen LogP contribution in [0.25, 0.3) is 0 Å². The molecule has 2 atom stereocenters. The van der Waals surface area contributed by atoms with E-state index in [4.69, 9.17) is 0 Å². The van der Waals surface area contributed by atoms with E-state index in [1.807, 2.05) is 0 Å². The molecule has 1 aromatic rings. The minimum absolute atomic E-state index is 0.0539. The molecule has 1 aliphatic heterocycles. The fraction of sp³-hybridized carbons (Fsp3) is 0.704. The number of aliphatic hydroxyl groups is 1. The third kappa shape index (κ3) is 7.10. The van der Waals surface area contributed by atoms with Crippen LogP contribution in [0.1, 0.15) is 81.0 Å². The van der Waals surface area contributed by atoms with E-state index in [2.05, 4.69) is 10.2 Å². The summed E-state index contributed by atoms with van der Waals surface area (Å²) in [6.45, 7) is 3.00. The van der Waals surface area contributed by atoms with E-state index in [1.165, 1.54) is 31.4 Å². The number of amides is 1. The zero-order valence-electron chi connectivity index (χ0n) is 19.7. The Balaban J connectivity index is 1.09. The summed E-state index contributed by atoms with van der Waals surface area (Å²) in [5.41, 5.74) is 0.625. The molecule has 2 saturated carbocycles. The Hall–Kier alpha value is -1.79. The van der Waals surface area contributed by atoms with Gasteiger partial charge >= 0.3 is 0 Å². The van der Waals surface area contributed by atoms with E-state index in [0.717, 1.165) is 70.5 Å². The minimum atomic E-state index is -0.303. The second-order valence-electron chi connectivity index (χ2n) is 10.6. The van der Waals surface area contributed by atoms with Gasteiger partial charge in [-0.25, -0.2) is 4.39 Å². The Labute approximate surface area is 197 Å². The molecule has 2 unspecified atom stereocenters. The van der Waals surface area contributed by atoms with Crippen molar-refractivity contribution in [2.75, 3.05) is 19.6 Å². The number of benzene rings is 1. The quantitative estimate of drug-likeness (QED) is 0.569. The maximum Gasteiger partial charge on any atom is 0.220 e. The van der Waals surface area contributed by atoms with Crippen LogP contribution in [0.4, 0.5) is 4.39 Å². The van der Waals surface area contributed by atoms with Gasteiger partial charge < -0.3 is 15.3 Å². The van der Waals surface area contributed by atoms with Gasteiger partial charge in [0.2, 0.25) is 5.91 Å². The second kappa shape index (κ2) is 11.6. The molecular weight excluding hydrogens is 419 g/mol. The van der Waals surface area contributed by atoms with E-state index in [1.54, 1.807) is 12.1 Å². The molecule has 0 spiro atoms. The molecule has 1 saturated heterocycles. The molecule has 1 amide bonds. The Kier molecular flexibility index (Phi) is 8.53. The molecular formula is C27H39FN2O3. The summed E-state index contributed by atoms with van der Waals surface area (Å²) >= 11 is 0. The van der Waals surface area contributed by atoms with Gasteiger partial charge in [-0.15, -0.1) is 0 Å². The normalized spacial score (nSPS) is 29.2. The van der Waals surface area contributed by atoms with Crippen LogP contribution < -0.4 is 5.32 Å². The van der Waals surface area contributed by atoms with Gasteiger partial charge in [0.15, 0.2) is 5.78 Å². The SMILES string of the molecule is O=C(CC1CCC(O)C1)NC1CCC(CCN2CCC(C(=O)c3ccc(F)cc3)CC2)CC1. The highest BCUT2D eigenvalue weighted by atomic mass is 19.1. The predicted octanol–water partition coefficient (Wildman–Crippen LogP) is 4.34. The third-order valence-electron chi connectivity index (χ3n) is 8.14. The number of piperidine rings is 1. The molecule has 2 aliphatic carbocycles. The fourth-order valence-corrected chi connectivity index (χ4v) is 6.01. The minimum Gasteiger partial charge on any atom is -0.393 e. The number of ketones is 1.